The highest BCUT2D eigenvalue weighted by Gasteiger charge is 2.20. The van der Waals surface area contributed by atoms with E-state index in [-0.39, 0.29) is 5.91 Å². The van der Waals surface area contributed by atoms with Gasteiger partial charge in [-0.2, -0.15) is 5.10 Å². The van der Waals surface area contributed by atoms with Crippen molar-refractivity contribution >= 4 is 28.7 Å². The largest absolute Gasteiger partial charge is 0.352 e. The van der Waals surface area contributed by atoms with E-state index in [0.29, 0.717) is 13.1 Å². The number of piperazine rings is 1. The highest BCUT2D eigenvalue weighted by atomic mass is 16.2. The van der Waals surface area contributed by atoms with Crippen LogP contribution < -0.4 is 4.90 Å². The zero-order valence-corrected chi connectivity index (χ0v) is 13.7. The number of hydrogen-bond donors (Lipinski definition) is 1. The van der Waals surface area contributed by atoms with Gasteiger partial charge in [0.25, 0.3) is 0 Å². The fourth-order valence-corrected chi connectivity index (χ4v) is 2.98. The van der Waals surface area contributed by atoms with Crippen molar-refractivity contribution in [1.82, 2.24) is 25.1 Å². The molecule has 1 saturated heterocycles. The molecular weight excluding hydrogens is 316 g/mol. The van der Waals surface area contributed by atoms with Crippen LogP contribution in [0.25, 0.3) is 17.0 Å². The van der Waals surface area contributed by atoms with Gasteiger partial charge in [-0.15, -0.1) is 0 Å². The summed E-state index contributed by atoms with van der Waals surface area (Å²) in [5, 5.41) is 8.24. The van der Waals surface area contributed by atoms with Crippen molar-refractivity contribution in [2.75, 3.05) is 31.1 Å². The van der Waals surface area contributed by atoms with Crippen LogP contribution in [0.4, 0.5) is 5.82 Å². The molecule has 1 aliphatic rings. The van der Waals surface area contributed by atoms with Gasteiger partial charge in [0.15, 0.2) is 0 Å². The Hall–Kier alpha value is -3.22. The summed E-state index contributed by atoms with van der Waals surface area (Å²) >= 11 is 0. The van der Waals surface area contributed by atoms with Crippen LogP contribution in [0.15, 0.2) is 48.9 Å². The highest BCUT2D eigenvalue weighted by Crippen LogP contribution is 2.17. The first kappa shape index (κ1) is 15.3. The van der Waals surface area contributed by atoms with E-state index in [4.69, 9.17) is 0 Å². The zero-order valence-electron chi connectivity index (χ0n) is 13.7. The Balaban J connectivity index is 1.39. The number of para-hydroxylation sites is 1. The lowest BCUT2D eigenvalue weighted by Gasteiger charge is -2.34. The molecule has 2 aromatic heterocycles. The summed E-state index contributed by atoms with van der Waals surface area (Å²) in [7, 11) is 0. The van der Waals surface area contributed by atoms with Gasteiger partial charge in [0.05, 0.1) is 17.4 Å². The molecule has 0 saturated carbocycles. The molecule has 25 heavy (non-hydrogen) atoms. The van der Waals surface area contributed by atoms with Crippen LogP contribution in [0.1, 0.15) is 5.69 Å². The standard InChI is InChI=1S/C18H18N6O/c25-18(6-5-16-14-3-1-2-4-15(14)21-22-16)24-11-9-23(10-12-24)17-13-19-7-8-20-17/h1-8,13H,9-12H2,(H,21,22)/b6-5+. The molecule has 1 amide bonds. The quantitative estimate of drug-likeness (QED) is 0.738. The van der Waals surface area contributed by atoms with Gasteiger partial charge >= 0.3 is 0 Å². The maximum Gasteiger partial charge on any atom is 0.246 e. The van der Waals surface area contributed by atoms with Crippen LogP contribution in [-0.2, 0) is 4.79 Å². The Morgan fingerprint density at radius 2 is 1.96 bits per heavy atom. The third-order valence-corrected chi connectivity index (χ3v) is 4.35. The van der Waals surface area contributed by atoms with Gasteiger partial charge in [-0.1, -0.05) is 18.2 Å². The van der Waals surface area contributed by atoms with Crippen LogP contribution in [0.3, 0.4) is 0 Å². The van der Waals surface area contributed by atoms with Gasteiger partial charge in [0.1, 0.15) is 5.82 Å². The molecule has 4 rings (SSSR count). The van der Waals surface area contributed by atoms with E-state index in [1.54, 1.807) is 30.7 Å². The number of amides is 1. The summed E-state index contributed by atoms with van der Waals surface area (Å²) in [6.45, 7) is 2.84. The zero-order chi connectivity index (χ0) is 17.1. The van der Waals surface area contributed by atoms with E-state index in [1.807, 2.05) is 29.2 Å². The van der Waals surface area contributed by atoms with Crippen molar-refractivity contribution in [3.8, 4) is 0 Å². The highest BCUT2D eigenvalue weighted by molar-refractivity contribution is 5.95. The smallest absolute Gasteiger partial charge is 0.246 e. The Morgan fingerprint density at radius 1 is 1.12 bits per heavy atom. The van der Waals surface area contributed by atoms with Gasteiger partial charge in [0, 0.05) is 50.0 Å². The number of H-pyrrole nitrogens is 1. The lowest BCUT2D eigenvalue weighted by Crippen LogP contribution is -2.48. The topological polar surface area (TPSA) is 78.0 Å². The number of benzene rings is 1. The Morgan fingerprint density at radius 3 is 2.76 bits per heavy atom. The molecule has 0 aliphatic carbocycles. The molecule has 3 aromatic rings. The number of carbonyl (C=O) groups excluding carboxylic acids is 1. The van der Waals surface area contributed by atoms with Crippen LogP contribution in [0.5, 0.6) is 0 Å². The van der Waals surface area contributed by atoms with Crippen LogP contribution in [0.2, 0.25) is 0 Å². The first-order chi connectivity index (χ1) is 12.3. The minimum absolute atomic E-state index is 0.00544. The Bertz CT molecular complexity index is 896. The first-order valence-corrected chi connectivity index (χ1v) is 8.22. The molecule has 3 heterocycles. The predicted octanol–water partition coefficient (Wildman–Crippen LogP) is 1.71. The molecule has 7 nitrogen and oxygen atoms in total. The van der Waals surface area contributed by atoms with E-state index in [0.717, 1.165) is 35.5 Å². The van der Waals surface area contributed by atoms with Gasteiger partial charge in [-0.05, 0) is 12.1 Å². The van der Waals surface area contributed by atoms with Gasteiger partial charge in [0.2, 0.25) is 5.91 Å². The molecular formula is C18H18N6O. The molecule has 1 aromatic carbocycles. The summed E-state index contributed by atoms with van der Waals surface area (Å²) in [6, 6.07) is 7.87. The SMILES string of the molecule is O=C(/C=C/c1n[nH]c2ccccc12)N1CCN(c2cnccn2)CC1. The number of anilines is 1. The minimum atomic E-state index is 0.00544. The average Bonchev–Trinajstić information content (AvgIpc) is 3.10. The average molecular weight is 334 g/mol. The van der Waals surface area contributed by atoms with Crippen LogP contribution in [-0.4, -0.2) is 57.2 Å². The van der Waals surface area contributed by atoms with Crippen LogP contribution in [0, 0.1) is 0 Å². The molecule has 0 radical (unpaired) electrons. The monoisotopic (exact) mass is 334 g/mol. The summed E-state index contributed by atoms with van der Waals surface area (Å²) in [5.74, 6) is 0.860. The third-order valence-electron chi connectivity index (χ3n) is 4.35. The fourth-order valence-electron chi connectivity index (χ4n) is 2.98. The number of nitrogens with one attached hydrogen (secondary N) is 1. The van der Waals surface area contributed by atoms with E-state index in [9.17, 15) is 4.79 Å². The molecule has 0 spiro atoms. The van der Waals surface area contributed by atoms with Crippen molar-refractivity contribution in [3.63, 3.8) is 0 Å². The van der Waals surface area contributed by atoms with Crippen molar-refractivity contribution in [2.45, 2.75) is 0 Å². The van der Waals surface area contributed by atoms with Gasteiger partial charge < -0.3 is 9.80 Å². The van der Waals surface area contributed by atoms with Crippen molar-refractivity contribution in [3.05, 3.63) is 54.6 Å². The minimum Gasteiger partial charge on any atom is -0.352 e. The predicted molar refractivity (Wildman–Crippen MR) is 96.0 cm³/mol. The fraction of sp³-hybridized carbons (Fsp3) is 0.222. The maximum absolute atomic E-state index is 12.4. The lowest BCUT2D eigenvalue weighted by atomic mass is 10.2. The Kier molecular flexibility index (Phi) is 4.12. The van der Waals surface area contributed by atoms with Gasteiger partial charge in [-0.25, -0.2) is 4.98 Å². The lowest BCUT2D eigenvalue weighted by molar-refractivity contribution is -0.126. The number of aromatic amines is 1. The summed E-state index contributed by atoms with van der Waals surface area (Å²) in [5.41, 5.74) is 1.74. The molecule has 126 valence electrons. The number of aromatic nitrogens is 4. The third kappa shape index (κ3) is 3.21. The van der Waals surface area contributed by atoms with Gasteiger partial charge in [-0.3, -0.25) is 14.9 Å². The maximum atomic E-state index is 12.4. The number of carbonyl (C=O) groups is 1. The van der Waals surface area contributed by atoms with E-state index < -0.39 is 0 Å². The number of nitrogens with zero attached hydrogens (tertiary/aromatic N) is 5. The van der Waals surface area contributed by atoms with Crippen molar-refractivity contribution < 1.29 is 4.79 Å². The second-order valence-corrected chi connectivity index (χ2v) is 5.86. The number of hydrogen-bond acceptors (Lipinski definition) is 5. The molecule has 1 fully saturated rings. The number of fused-ring (bicyclic) bond motifs is 1. The summed E-state index contributed by atoms with van der Waals surface area (Å²) < 4.78 is 0. The van der Waals surface area contributed by atoms with E-state index in [2.05, 4.69) is 25.1 Å². The number of rotatable bonds is 3. The van der Waals surface area contributed by atoms with Crippen molar-refractivity contribution in [1.29, 1.82) is 0 Å². The summed E-state index contributed by atoms with van der Waals surface area (Å²) in [4.78, 5) is 24.8. The second-order valence-electron chi connectivity index (χ2n) is 5.86. The van der Waals surface area contributed by atoms with E-state index >= 15 is 0 Å². The van der Waals surface area contributed by atoms with Crippen LogP contribution >= 0.6 is 0 Å². The molecule has 1 aliphatic heterocycles. The molecule has 0 unspecified atom stereocenters. The van der Waals surface area contributed by atoms with Crippen molar-refractivity contribution in [2.24, 2.45) is 0 Å². The van der Waals surface area contributed by atoms with E-state index in [1.165, 1.54) is 0 Å². The molecule has 1 N–H and O–H groups in total. The second kappa shape index (κ2) is 6.72. The Labute approximate surface area is 145 Å². The first-order valence-electron chi connectivity index (χ1n) is 8.22. The normalized spacial score (nSPS) is 15.2. The molecule has 0 bridgehead atoms. The summed E-state index contributed by atoms with van der Waals surface area (Å²) in [6.07, 6.45) is 8.47. The molecule has 7 heteroatoms. The molecule has 0 atom stereocenters.